The quantitative estimate of drug-likeness (QED) is 0.638. The van der Waals surface area contributed by atoms with Gasteiger partial charge in [0.2, 0.25) is 0 Å². The van der Waals surface area contributed by atoms with Gasteiger partial charge in [0.05, 0.1) is 0 Å². The van der Waals surface area contributed by atoms with Gasteiger partial charge >= 0.3 is 0 Å². The molecule has 0 aliphatic heterocycles. The number of hydrogen-bond donors (Lipinski definition) is 1. The van der Waals surface area contributed by atoms with Gasteiger partial charge in [0.1, 0.15) is 0 Å². The summed E-state index contributed by atoms with van der Waals surface area (Å²) in [7, 11) is 0. The molecule has 0 saturated carbocycles. The molecule has 2 rings (SSSR count). The van der Waals surface area contributed by atoms with Crippen molar-refractivity contribution in [3.05, 3.63) is 41.7 Å². The van der Waals surface area contributed by atoms with E-state index in [1.54, 1.807) is 0 Å². The van der Waals surface area contributed by atoms with Crippen LogP contribution in [0, 0.1) is 13.8 Å². The Hall–Kier alpha value is -1.55. The molecular weight excluding hydrogens is 218 g/mol. The molecule has 1 aromatic heterocycles. The fourth-order valence-corrected chi connectivity index (χ4v) is 2.15. The van der Waals surface area contributed by atoms with Gasteiger partial charge in [0.25, 0.3) is 0 Å². The third kappa shape index (κ3) is 2.33. The predicted molar refractivity (Wildman–Crippen MR) is 66.5 cm³/mol. The summed E-state index contributed by atoms with van der Waals surface area (Å²) in [5, 5.41) is 0.728. The van der Waals surface area contributed by atoms with Gasteiger partial charge in [-0.1, -0.05) is 12.1 Å². The molecule has 4 heteroatoms. The molecule has 82 valence electrons. The van der Waals surface area contributed by atoms with Crippen LogP contribution in [-0.4, -0.2) is 9.97 Å². The number of nitrogens with two attached hydrogens (primary N) is 1. The Kier molecular flexibility index (Phi) is 3.10. The van der Waals surface area contributed by atoms with Gasteiger partial charge in [-0.05, 0) is 42.8 Å². The monoisotopic (exact) mass is 231 g/mol. The first-order valence-electron chi connectivity index (χ1n) is 4.98. The van der Waals surface area contributed by atoms with Crippen molar-refractivity contribution >= 4 is 17.4 Å². The summed E-state index contributed by atoms with van der Waals surface area (Å²) in [6, 6.07) is 5.88. The van der Waals surface area contributed by atoms with Crippen LogP contribution >= 0.6 is 11.8 Å². The largest absolute Gasteiger partial charge is 0.398 e. The van der Waals surface area contributed by atoms with Crippen LogP contribution in [0.15, 0.2) is 40.6 Å². The van der Waals surface area contributed by atoms with Gasteiger partial charge in [-0.3, -0.25) is 0 Å². The number of hydrogen-bond acceptors (Lipinski definition) is 4. The highest BCUT2D eigenvalue weighted by atomic mass is 32.2. The Bertz CT molecular complexity index is 474. The lowest BCUT2D eigenvalue weighted by Crippen LogP contribution is -1.93. The molecule has 0 aliphatic carbocycles. The maximum absolute atomic E-state index is 5.92. The molecule has 0 bridgehead atoms. The molecule has 0 atom stereocenters. The summed E-state index contributed by atoms with van der Waals surface area (Å²) in [5.74, 6) is 0. The Morgan fingerprint density at radius 3 is 2.44 bits per heavy atom. The van der Waals surface area contributed by atoms with Gasteiger partial charge < -0.3 is 5.73 Å². The normalized spacial score (nSPS) is 10.4. The highest BCUT2D eigenvalue weighted by Crippen LogP contribution is 2.32. The lowest BCUT2D eigenvalue weighted by molar-refractivity contribution is 0.949. The predicted octanol–water partition coefficient (Wildman–Crippen LogP) is 2.83. The van der Waals surface area contributed by atoms with Crippen molar-refractivity contribution in [2.45, 2.75) is 23.9 Å². The van der Waals surface area contributed by atoms with E-state index in [4.69, 9.17) is 5.73 Å². The van der Waals surface area contributed by atoms with Crippen molar-refractivity contribution in [1.29, 1.82) is 0 Å². The van der Waals surface area contributed by atoms with E-state index in [1.165, 1.54) is 11.8 Å². The van der Waals surface area contributed by atoms with Crippen molar-refractivity contribution in [2.75, 3.05) is 5.73 Å². The zero-order chi connectivity index (χ0) is 11.5. The summed E-state index contributed by atoms with van der Waals surface area (Å²) < 4.78 is 0. The number of aryl methyl sites for hydroxylation is 2. The number of benzene rings is 1. The van der Waals surface area contributed by atoms with Crippen LogP contribution in [0.2, 0.25) is 0 Å². The van der Waals surface area contributed by atoms with Crippen molar-refractivity contribution in [1.82, 2.24) is 9.97 Å². The molecule has 0 spiro atoms. The van der Waals surface area contributed by atoms with Crippen LogP contribution in [-0.2, 0) is 0 Å². The first-order valence-corrected chi connectivity index (χ1v) is 5.80. The van der Waals surface area contributed by atoms with Crippen LogP contribution < -0.4 is 5.73 Å². The molecule has 0 fully saturated rings. The highest BCUT2D eigenvalue weighted by molar-refractivity contribution is 7.99. The molecule has 0 aliphatic rings. The van der Waals surface area contributed by atoms with E-state index in [1.807, 2.05) is 44.4 Å². The molecule has 3 nitrogen and oxygen atoms in total. The standard InChI is InChI=1S/C12H13N3S/c1-8-6-14-12(15-7-8)16-11-9(2)4-3-5-10(11)13/h3-7H,13H2,1-2H3. The third-order valence-corrected chi connectivity index (χ3v) is 3.35. The van der Waals surface area contributed by atoms with Gasteiger partial charge in [-0.25, -0.2) is 9.97 Å². The summed E-state index contributed by atoms with van der Waals surface area (Å²) in [6.45, 7) is 4.00. The maximum atomic E-state index is 5.92. The second-order valence-corrected chi connectivity index (χ2v) is 4.62. The molecule has 0 unspecified atom stereocenters. The zero-order valence-electron chi connectivity index (χ0n) is 9.27. The molecular formula is C12H13N3S. The number of nitrogens with zero attached hydrogens (tertiary/aromatic N) is 2. The van der Waals surface area contributed by atoms with E-state index in [9.17, 15) is 0 Å². The fourth-order valence-electron chi connectivity index (χ4n) is 1.34. The van der Waals surface area contributed by atoms with Crippen LogP contribution in [0.3, 0.4) is 0 Å². The summed E-state index contributed by atoms with van der Waals surface area (Å²) >= 11 is 1.50. The minimum absolute atomic E-state index is 0.728. The molecule has 0 saturated heterocycles. The lowest BCUT2D eigenvalue weighted by Gasteiger charge is -2.07. The summed E-state index contributed by atoms with van der Waals surface area (Å²) in [5.41, 5.74) is 8.90. The van der Waals surface area contributed by atoms with Crippen molar-refractivity contribution in [2.24, 2.45) is 0 Å². The maximum Gasteiger partial charge on any atom is 0.192 e. The van der Waals surface area contributed by atoms with Gasteiger partial charge in [0, 0.05) is 23.0 Å². The van der Waals surface area contributed by atoms with E-state index < -0.39 is 0 Å². The first-order chi connectivity index (χ1) is 7.66. The Labute approximate surface area is 99.1 Å². The molecule has 16 heavy (non-hydrogen) atoms. The van der Waals surface area contributed by atoms with E-state index in [0.717, 1.165) is 26.9 Å². The summed E-state index contributed by atoms with van der Waals surface area (Å²) in [6.07, 6.45) is 3.62. The molecule has 1 aromatic carbocycles. The van der Waals surface area contributed by atoms with Gasteiger partial charge in [0.15, 0.2) is 5.16 Å². The Morgan fingerprint density at radius 1 is 1.12 bits per heavy atom. The van der Waals surface area contributed by atoms with E-state index in [2.05, 4.69) is 9.97 Å². The topological polar surface area (TPSA) is 51.8 Å². The van der Waals surface area contributed by atoms with Crippen molar-refractivity contribution in [3.63, 3.8) is 0 Å². The lowest BCUT2D eigenvalue weighted by atomic mass is 10.2. The average molecular weight is 231 g/mol. The van der Waals surface area contributed by atoms with Crippen molar-refractivity contribution < 1.29 is 0 Å². The minimum atomic E-state index is 0.728. The number of aromatic nitrogens is 2. The third-order valence-electron chi connectivity index (χ3n) is 2.19. The molecule has 2 N–H and O–H groups in total. The molecule has 1 heterocycles. The minimum Gasteiger partial charge on any atom is -0.398 e. The van der Waals surface area contributed by atoms with Crippen LogP contribution in [0.25, 0.3) is 0 Å². The Morgan fingerprint density at radius 2 is 1.81 bits per heavy atom. The van der Waals surface area contributed by atoms with E-state index in [-0.39, 0.29) is 0 Å². The average Bonchev–Trinajstić information content (AvgIpc) is 2.26. The fraction of sp³-hybridized carbons (Fsp3) is 0.167. The van der Waals surface area contributed by atoms with E-state index >= 15 is 0 Å². The second kappa shape index (κ2) is 4.53. The Balaban J connectivity index is 2.30. The molecule has 2 aromatic rings. The molecule has 0 radical (unpaired) electrons. The first kappa shape index (κ1) is 11.0. The van der Waals surface area contributed by atoms with Crippen LogP contribution in [0.5, 0.6) is 0 Å². The number of nitrogen functional groups attached to an aromatic ring is 1. The van der Waals surface area contributed by atoms with Crippen molar-refractivity contribution in [3.8, 4) is 0 Å². The number of rotatable bonds is 2. The smallest absolute Gasteiger partial charge is 0.192 e. The number of anilines is 1. The van der Waals surface area contributed by atoms with Gasteiger partial charge in [-0.15, -0.1) is 0 Å². The van der Waals surface area contributed by atoms with Crippen LogP contribution in [0.1, 0.15) is 11.1 Å². The SMILES string of the molecule is Cc1cnc(Sc2c(C)cccc2N)nc1. The zero-order valence-corrected chi connectivity index (χ0v) is 10.1. The summed E-state index contributed by atoms with van der Waals surface area (Å²) in [4.78, 5) is 9.54. The molecule has 0 amide bonds. The highest BCUT2D eigenvalue weighted by Gasteiger charge is 2.06. The van der Waals surface area contributed by atoms with E-state index in [0.29, 0.717) is 0 Å². The van der Waals surface area contributed by atoms with Crippen LogP contribution in [0.4, 0.5) is 5.69 Å². The second-order valence-electron chi connectivity index (χ2n) is 3.64. The van der Waals surface area contributed by atoms with Gasteiger partial charge in [-0.2, -0.15) is 0 Å².